The number of nitrogens with zero attached hydrogens (tertiary/aromatic N) is 1. The van der Waals surface area contributed by atoms with E-state index in [1.807, 2.05) is 0 Å². The second kappa shape index (κ2) is 4.72. The lowest BCUT2D eigenvalue weighted by Crippen LogP contribution is -2.09. The van der Waals surface area contributed by atoms with E-state index in [1.165, 1.54) is 34.1 Å². The van der Waals surface area contributed by atoms with E-state index >= 15 is 0 Å². The first-order chi connectivity index (χ1) is 9.15. The first-order valence-corrected chi connectivity index (χ1v) is 6.98. The van der Waals surface area contributed by atoms with E-state index in [9.17, 15) is 4.79 Å². The van der Waals surface area contributed by atoms with Crippen LogP contribution < -0.4 is 0 Å². The van der Waals surface area contributed by atoms with E-state index < -0.39 is 5.97 Å². The number of benzene rings is 1. The summed E-state index contributed by atoms with van der Waals surface area (Å²) in [4.78, 5) is 10.6. The second-order valence-electron chi connectivity index (χ2n) is 5.48. The Morgan fingerprint density at radius 3 is 3.00 bits per heavy atom. The van der Waals surface area contributed by atoms with Gasteiger partial charge in [0.1, 0.15) is 0 Å². The predicted molar refractivity (Wildman–Crippen MR) is 75.6 cm³/mol. The largest absolute Gasteiger partial charge is 0.481 e. The van der Waals surface area contributed by atoms with E-state index in [2.05, 4.69) is 29.7 Å². The fraction of sp³-hybridized carbons (Fsp3) is 0.438. The Balaban J connectivity index is 1.93. The van der Waals surface area contributed by atoms with Gasteiger partial charge in [-0.25, -0.2) is 0 Å². The van der Waals surface area contributed by atoms with Gasteiger partial charge in [-0.1, -0.05) is 6.07 Å². The zero-order valence-electron chi connectivity index (χ0n) is 11.3. The number of rotatable bonds is 4. The highest BCUT2D eigenvalue weighted by molar-refractivity contribution is 5.85. The zero-order valence-corrected chi connectivity index (χ0v) is 11.3. The first kappa shape index (κ1) is 12.3. The van der Waals surface area contributed by atoms with Crippen molar-refractivity contribution in [2.45, 2.75) is 45.6 Å². The molecule has 3 heteroatoms. The van der Waals surface area contributed by atoms with Crippen LogP contribution in [0.15, 0.2) is 18.2 Å². The number of aromatic nitrogens is 1. The maximum atomic E-state index is 10.6. The second-order valence-corrected chi connectivity index (χ2v) is 5.48. The van der Waals surface area contributed by atoms with Gasteiger partial charge in [0, 0.05) is 24.0 Å². The van der Waals surface area contributed by atoms with E-state index in [1.54, 1.807) is 0 Å². The van der Waals surface area contributed by atoms with Crippen LogP contribution in [0, 0.1) is 6.92 Å². The molecule has 0 spiro atoms. The Kier molecular flexibility index (Phi) is 3.05. The van der Waals surface area contributed by atoms with Crippen LogP contribution >= 0.6 is 0 Å². The minimum absolute atomic E-state index is 0.257. The van der Waals surface area contributed by atoms with Gasteiger partial charge in [0.15, 0.2) is 0 Å². The lowest BCUT2D eigenvalue weighted by atomic mass is 9.98. The molecule has 0 fully saturated rings. The van der Waals surface area contributed by atoms with Crippen LogP contribution in [0.25, 0.3) is 10.9 Å². The molecule has 1 aromatic carbocycles. The maximum absolute atomic E-state index is 10.6. The van der Waals surface area contributed by atoms with Crippen molar-refractivity contribution >= 4 is 16.9 Å². The number of hydrogen-bond acceptors (Lipinski definition) is 1. The Morgan fingerprint density at radius 1 is 1.37 bits per heavy atom. The van der Waals surface area contributed by atoms with Crippen molar-refractivity contribution < 1.29 is 9.90 Å². The van der Waals surface area contributed by atoms with Crippen LogP contribution in [0.4, 0.5) is 0 Å². The molecule has 0 saturated carbocycles. The summed E-state index contributed by atoms with van der Waals surface area (Å²) in [7, 11) is 0. The Bertz CT molecular complexity index is 640. The molecule has 0 amide bonds. The lowest BCUT2D eigenvalue weighted by molar-refractivity contribution is -0.137. The Labute approximate surface area is 112 Å². The third kappa shape index (κ3) is 2.25. The number of aryl methyl sites for hydroxylation is 4. The molecule has 2 aromatic rings. The van der Waals surface area contributed by atoms with Gasteiger partial charge in [-0.3, -0.25) is 4.79 Å². The van der Waals surface area contributed by atoms with Crippen LogP contribution in [0.3, 0.4) is 0 Å². The molecule has 1 aromatic heterocycles. The topological polar surface area (TPSA) is 42.2 Å². The smallest absolute Gasteiger partial charge is 0.303 e. The summed E-state index contributed by atoms with van der Waals surface area (Å²) >= 11 is 0. The summed E-state index contributed by atoms with van der Waals surface area (Å²) < 4.78 is 2.41. The van der Waals surface area contributed by atoms with Crippen LogP contribution in [-0.4, -0.2) is 15.6 Å². The van der Waals surface area contributed by atoms with E-state index in [0.717, 1.165) is 25.8 Å². The first-order valence-electron chi connectivity index (χ1n) is 6.98. The van der Waals surface area contributed by atoms with Crippen molar-refractivity contribution in [3.63, 3.8) is 0 Å². The molecule has 0 saturated heterocycles. The molecule has 0 bridgehead atoms. The molecule has 19 heavy (non-hydrogen) atoms. The monoisotopic (exact) mass is 257 g/mol. The van der Waals surface area contributed by atoms with Crippen molar-refractivity contribution in [1.82, 2.24) is 4.57 Å². The molecule has 0 radical (unpaired) electrons. The molecule has 1 aliphatic heterocycles. The normalized spacial score (nSPS) is 13.9. The van der Waals surface area contributed by atoms with Gasteiger partial charge in [0.2, 0.25) is 0 Å². The third-order valence-electron chi connectivity index (χ3n) is 4.02. The molecule has 0 atom stereocenters. The van der Waals surface area contributed by atoms with Crippen molar-refractivity contribution in [3.05, 3.63) is 35.0 Å². The highest BCUT2D eigenvalue weighted by atomic mass is 16.4. The van der Waals surface area contributed by atoms with Gasteiger partial charge in [-0.05, 0) is 55.9 Å². The average Bonchev–Trinajstić information content (AvgIpc) is 2.68. The van der Waals surface area contributed by atoms with Crippen molar-refractivity contribution in [2.24, 2.45) is 0 Å². The number of carboxylic acids is 1. The molecule has 1 aliphatic rings. The summed E-state index contributed by atoms with van der Waals surface area (Å²) in [5.41, 5.74) is 5.44. The van der Waals surface area contributed by atoms with Crippen molar-refractivity contribution in [2.75, 3.05) is 0 Å². The van der Waals surface area contributed by atoms with E-state index in [-0.39, 0.29) is 6.42 Å². The third-order valence-corrected chi connectivity index (χ3v) is 4.02. The van der Waals surface area contributed by atoms with Gasteiger partial charge < -0.3 is 9.67 Å². The van der Waals surface area contributed by atoms with Crippen LogP contribution in [0.2, 0.25) is 0 Å². The van der Waals surface area contributed by atoms with Crippen LogP contribution in [0.1, 0.15) is 36.1 Å². The molecular formula is C16H19NO2. The molecule has 1 N–H and O–H groups in total. The SMILES string of the molecule is Cc1cc2cc(CCCC(=O)O)cc3c2n1CCC3. The summed E-state index contributed by atoms with van der Waals surface area (Å²) in [6, 6.07) is 6.76. The van der Waals surface area contributed by atoms with E-state index in [0.29, 0.717) is 0 Å². The zero-order chi connectivity index (χ0) is 13.4. The molecule has 0 unspecified atom stereocenters. The average molecular weight is 257 g/mol. The molecule has 2 heterocycles. The minimum atomic E-state index is -0.704. The summed E-state index contributed by atoms with van der Waals surface area (Å²) in [6.07, 6.45) is 4.19. The van der Waals surface area contributed by atoms with Gasteiger partial charge in [0.05, 0.1) is 5.52 Å². The Morgan fingerprint density at radius 2 is 2.21 bits per heavy atom. The summed E-state index contributed by atoms with van der Waals surface area (Å²) in [5, 5.41) is 10.0. The van der Waals surface area contributed by atoms with E-state index in [4.69, 9.17) is 5.11 Å². The number of aliphatic carboxylic acids is 1. The van der Waals surface area contributed by atoms with Crippen LogP contribution in [0.5, 0.6) is 0 Å². The number of hydrogen-bond donors (Lipinski definition) is 1. The van der Waals surface area contributed by atoms with Crippen LogP contribution in [-0.2, 0) is 24.2 Å². The molecular weight excluding hydrogens is 238 g/mol. The predicted octanol–water partition coefficient (Wildman–Crippen LogP) is 3.30. The quantitative estimate of drug-likeness (QED) is 0.913. The van der Waals surface area contributed by atoms with Gasteiger partial charge in [0.25, 0.3) is 0 Å². The van der Waals surface area contributed by atoms with Gasteiger partial charge in [-0.15, -0.1) is 0 Å². The Hall–Kier alpha value is -1.77. The van der Waals surface area contributed by atoms with Crippen molar-refractivity contribution in [3.8, 4) is 0 Å². The maximum Gasteiger partial charge on any atom is 0.303 e. The van der Waals surface area contributed by atoms with Crippen molar-refractivity contribution in [1.29, 1.82) is 0 Å². The number of carboxylic acid groups (broad SMARTS) is 1. The summed E-state index contributed by atoms with van der Waals surface area (Å²) in [6.45, 7) is 3.29. The molecule has 100 valence electrons. The minimum Gasteiger partial charge on any atom is -0.481 e. The fourth-order valence-corrected chi connectivity index (χ4v) is 3.20. The lowest BCUT2D eigenvalue weighted by Gasteiger charge is -2.18. The fourth-order valence-electron chi connectivity index (χ4n) is 3.20. The number of carbonyl (C=O) groups is 1. The highest BCUT2D eigenvalue weighted by Gasteiger charge is 2.15. The highest BCUT2D eigenvalue weighted by Crippen LogP contribution is 2.30. The van der Waals surface area contributed by atoms with Gasteiger partial charge >= 0.3 is 5.97 Å². The molecule has 3 nitrogen and oxygen atoms in total. The molecule has 3 rings (SSSR count). The molecule has 0 aliphatic carbocycles. The standard InChI is InChI=1S/C16H19NO2/c1-11-8-14-10-12(4-2-6-15(18)19)9-13-5-3-7-17(11)16(13)14/h8-10H,2-7H2,1H3,(H,18,19). The van der Waals surface area contributed by atoms with Gasteiger partial charge in [-0.2, -0.15) is 0 Å². The summed E-state index contributed by atoms with van der Waals surface area (Å²) in [5.74, 6) is -0.704.